The predicted octanol–water partition coefficient (Wildman–Crippen LogP) is -0.529. The lowest BCUT2D eigenvalue weighted by molar-refractivity contribution is 0.180. The van der Waals surface area contributed by atoms with E-state index in [0.717, 1.165) is 13.1 Å². The van der Waals surface area contributed by atoms with Crippen LogP contribution in [0.4, 0.5) is 5.82 Å². The third kappa shape index (κ3) is 2.24. The van der Waals surface area contributed by atoms with Gasteiger partial charge in [-0.25, -0.2) is 13.4 Å². The van der Waals surface area contributed by atoms with Crippen molar-refractivity contribution in [3.63, 3.8) is 0 Å². The molecule has 1 aromatic heterocycles. The molecule has 1 aliphatic carbocycles. The highest BCUT2D eigenvalue weighted by Crippen LogP contribution is 2.29. The van der Waals surface area contributed by atoms with Gasteiger partial charge in [-0.2, -0.15) is 4.31 Å². The van der Waals surface area contributed by atoms with Gasteiger partial charge in [0.25, 0.3) is 10.0 Å². The summed E-state index contributed by atoms with van der Waals surface area (Å²) in [5, 5.41) is 0.104. The molecular formula is C11H19N5O2S. The van der Waals surface area contributed by atoms with Crippen molar-refractivity contribution < 1.29 is 8.42 Å². The first-order valence-electron chi connectivity index (χ1n) is 6.51. The van der Waals surface area contributed by atoms with E-state index in [1.54, 1.807) is 7.05 Å². The van der Waals surface area contributed by atoms with Crippen molar-refractivity contribution in [3.05, 3.63) is 6.33 Å². The summed E-state index contributed by atoms with van der Waals surface area (Å²) in [6.07, 6.45) is 3.94. The van der Waals surface area contributed by atoms with Crippen molar-refractivity contribution in [2.24, 2.45) is 7.05 Å². The lowest BCUT2D eigenvalue weighted by atomic mass is 10.3. The zero-order chi connectivity index (χ0) is 13.6. The Balaban J connectivity index is 1.78. The van der Waals surface area contributed by atoms with Crippen LogP contribution in [0.5, 0.6) is 0 Å². The molecule has 2 fully saturated rings. The molecule has 0 aromatic carbocycles. The Morgan fingerprint density at radius 3 is 2.37 bits per heavy atom. The van der Waals surface area contributed by atoms with Crippen LogP contribution in [0, 0.1) is 0 Å². The monoisotopic (exact) mass is 285 g/mol. The highest BCUT2D eigenvalue weighted by molar-refractivity contribution is 7.89. The van der Waals surface area contributed by atoms with Crippen LogP contribution in [0.1, 0.15) is 12.8 Å². The van der Waals surface area contributed by atoms with Crippen LogP contribution in [0.2, 0.25) is 0 Å². The molecule has 2 N–H and O–H groups in total. The Bertz CT molecular complexity index is 550. The number of sulfonamides is 1. The molecule has 0 bridgehead atoms. The van der Waals surface area contributed by atoms with E-state index >= 15 is 0 Å². The molecule has 0 atom stereocenters. The van der Waals surface area contributed by atoms with Crippen LogP contribution in [-0.2, 0) is 17.1 Å². The number of piperazine rings is 1. The lowest BCUT2D eigenvalue weighted by Crippen LogP contribution is -2.49. The summed E-state index contributed by atoms with van der Waals surface area (Å²) in [5.41, 5.74) is 5.67. The van der Waals surface area contributed by atoms with Crippen LogP contribution in [0.3, 0.4) is 0 Å². The molecular weight excluding hydrogens is 266 g/mol. The number of rotatable bonds is 3. The molecule has 1 saturated heterocycles. The molecule has 2 aliphatic rings. The van der Waals surface area contributed by atoms with Crippen molar-refractivity contribution in [3.8, 4) is 0 Å². The first-order valence-corrected chi connectivity index (χ1v) is 7.95. The van der Waals surface area contributed by atoms with Gasteiger partial charge in [0.2, 0.25) is 0 Å². The molecule has 2 heterocycles. The molecule has 1 aliphatic heterocycles. The SMILES string of the molecule is Cn1cnc(N)c1S(=O)(=O)N1CCN(C2CC2)CC1. The van der Waals surface area contributed by atoms with E-state index in [1.807, 2.05) is 0 Å². The Kier molecular flexibility index (Phi) is 3.03. The third-order valence-electron chi connectivity index (χ3n) is 3.83. The highest BCUT2D eigenvalue weighted by atomic mass is 32.2. The number of aryl methyl sites for hydroxylation is 1. The van der Waals surface area contributed by atoms with E-state index in [1.165, 1.54) is 28.0 Å². The second-order valence-electron chi connectivity index (χ2n) is 5.22. The standard InChI is InChI=1S/C11H19N5O2S/c1-14-8-13-10(12)11(14)19(17,18)16-6-4-15(5-7-16)9-2-3-9/h8-9H,2-7,12H2,1H3. The highest BCUT2D eigenvalue weighted by Gasteiger charge is 2.36. The number of nitrogens with zero attached hydrogens (tertiary/aromatic N) is 4. The van der Waals surface area contributed by atoms with Gasteiger partial charge in [0.1, 0.15) is 0 Å². The molecule has 1 aromatic rings. The van der Waals surface area contributed by atoms with E-state index in [0.29, 0.717) is 19.1 Å². The molecule has 0 radical (unpaired) electrons. The molecule has 19 heavy (non-hydrogen) atoms. The van der Waals surface area contributed by atoms with Crippen molar-refractivity contribution in [2.75, 3.05) is 31.9 Å². The average molecular weight is 285 g/mol. The molecule has 106 valence electrons. The molecule has 0 spiro atoms. The second-order valence-corrected chi connectivity index (χ2v) is 7.07. The largest absolute Gasteiger partial charge is 0.381 e. The van der Waals surface area contributed by atoms with Gasteiger partial charge in [0.05, 0.1) is 6.33 Å². The van der Waals surface area contributed by atoms with Crippen molar-refractivity contribution in [1.82, 2.24) is 18.8 Å². The summed E-state index contributed by atoms with van der Waals surface area (Å²) in [4.78, 5) is 6.23. The van der Waals surface area contributed by atoms with Gasteiger partial charge >= 0.3 is 0 Å². The summed E-state index contributed by atoms with van der Waals surface area (Å²) in [6, 6.07) is 0.687. The van der Waals surface area contributed by atoms with Crippen LogP contribution < -0.4 is 5.73 Å². The summed E-state index contributed by atoms with van der Waals surface area (Å²) in [6.45, 7) is 2.68. The summed E-state index contributed by atoms with van der Waals surface area (Å²) in [7, 11) is -1.88. The molecule has 3 rings (SSSR count). The fourth-order valence-electron chi connectivity index (χ4n) is 2.62. The number of hydrogen-bond acceptors (Lipinski definition) is 5. The van der Waals surface area contributed by atoms with Crippen LogP contribution in [0.25, 0.3) is 0 Å². The first-order chi connectivity index (χ1) is 9.00. The van der Waals surface area contributed by atoms with Gasteiger partial charge in [0.15, 0.2) is 10.8 Å². The van der Waals surface area contributed by atoms with Gasteiger partial charge in [-0.1, -0.05) is 0 Å². The molecule has 8 heteroatoms. The summed E-state index contributed by atoms with van der Waals surface area (Å²) in [5.74, 6) is 0.0760. The lowest BCUT2D eigenvalue weighted by Gasteiger charge is -2.33. The van der Waals surface area contributed by atoms with E-state index in [2.05, 4.69) is 9.88 Å². The first kappa shape index (κ1) is 12.9. The molecule has 7 nitrogen and oxygen atoms in total. The number of nitrogens with two attached hydrogens (primary N) is 1. The summed E-state index contributed by atoms with van der Waals surface area (Å²) < 4.78 is 28.1. The number of aromatic nitrogens is 2. The normalized spacial score (nSPS) is 22.8. The topological polar surface area (TPSA) is 84.5 Å². The zero-order valence-electron chi connectivity index (χ0n) is 11.0. The third-order valence-corrected chi connectivity index (χ3v) is 5.86. The number of imidazole rings is 1. The van der Waals surface area contributed by atoms with Gasteiger partial charge in [0, 0.05) is 39.3 Å². The fourth-order valence-corrected chi connectivity index (χ4v) is 4.24. The maximum absolute atomic E-state index is 12.5. The van der Waals surface area contributed by atoms with Gasteiger partial charge < -0.3 is 10.3 Å². The van der Waals surface area contributed by atoms with Crippen molar-refractivity contribution >= 4 is 15.8 Å². The smallest absolute Gasteiger partial charge is 0.262 e. The van der Waals surface area contributed by atoms with Crippen molar-refractivity contribution in [1.29, 1.82) is 0 Å². The Labute approximate surface area is 113 Å². The minimum Gasteiger partial charge on any atom is -0.381 e. The van der Waals surface area contributed by atoms with E-state index in [-0.39, 0.29) is 10.8 Å². The zero-order valence-corrected chi connectivity index (χ0v) is 11.8. The maximum Gasteiger partial charge on any atom is 0.262 e. The molecule has 1 saturated carbocycles. The Morgan fingerprint density at radius 2 is 1.89 bits per heavy atom. The van der Waals surface area contributed by atoms with Gasteiger partial charge in [-0.3, -0.25) is 4.90 Å². The quantitative estimate of drug-likeness (QED) is 0.807. The molecule has 0 unspecified atom stereocenters. The van der Waals surface area contributed by atoms with Crippen LogP contribution in [-0.4, -0.2) is 59.4 Å². The van der Waals surface area contributed by atoms with Crippen LogP contribution >= 0.6 is 0 Å². The Hall–Kier alpha value is -1.12. The fraction of sp³-hybridized carbons (Fsp3) is 0.727. The number of anilines is 1. The van der Waals surface area contributed by atoms with E-state index < -0.39 is 10.0 Å². The Morgan fingerprint density at radius 1 is 1.26 bits per heavy atom. The molecule has 0 amide bonds. The van der Waals surface area contributed by atoms with Crippen molar-refractivity contribution in [2.45, 2.75) is 23.9 Å². The van der Waals surface area contributed by atoms with Gasteiger partial charge in [-0.05, 0) is 12.8 Å². The van der Waals surface area contributed by atoms with E-state index in [4.69, 9.17) is 5.73 Å². The number of hydrogen-bond donors (Lipinski definition) is 1. The minimum atomic E-state index is -3.53. The number of nitrogen functional groups attached to an aromatic ring is 1. The van der Waals surface area contributed by atoms with E-state index in [9.17, 15) is 8.42 Å². The maximum atomic E-state index is 12.5. The van der Waals surface area contributed by atoms with Crippen LogP contribution in [0.15, 0.2) is 11.4 Å². The summed E-state index contributed by atoms with van der Waals surface area (Å²) >= 11 is 0. The predicted molar refractivity (Wildman–Crippen MR) is 71.0 cm³/mol. The average Bonchev–Trinajstić information content (AvgIpc) is 3.16. The second kappa shape index (κ2) is 4.46. The van der Waals surface area contributed by atoms with Gasteiger partial charge in [-0.15, -0.1) is 0 Å². The minimum absolute atomic E-state index is 0.0760.